The molecule has 4 heterocycles. The molecule has 0 aromatic carbocycles. The Kier molecular flexibility index (Phi) is 5.21. The number of amides is 1. The first-order chi connectivity index (χ1) is 14.5. The monoisotopic (exact) mass is 400 g/mol. The molecule has 0 bridgehead atoms. The summed E-state index contributed by atoms with van der Waals surface area (Å²) in [6, 6.07) is 7.46. The molecule has 30 heavy (non-hydrogen) atoms. The summed E-state index contributed by atoms with van der Waals surface area (Å²) < 4.78 is 5.77. The van der Waals surface area contributed by atoms with Crippen LogP contribution in [0.25, 0.3) is 33.4 Å². The minimum absolute atomic E-state index is 0.0645. The molecule has 0 unspecified atom stereocenters. The van der Waals surface area contributed by atoms with E-state index < -0.39 is 0 Å². The molecule has 0 aliphatic heterocycles. The second-order valence-electron chi connectivity index (χ2n) is 6.86. The number of nitrogens with one attached hydrogen (secondary N) is 2. The highest BCUT2D eigenvalue weighted by atomic mass is 16.5. The molecule has 4 aromatic heterocycles. The molecule has 0 saturated heterocycles. The van der Waals surface area contributed by atoms with E-state index in [1.165, 1.54) is 12.4 Å². The van der Waals surface area contributed by atoms with E-state index in [1.54, 1.807) is 18.5 Å². The van der Waals surface area contributed by atoms with Crippen LogP contribution in [0.5, 0.6) is 5.88 Å². The van der Waals surface area contributed by atoms with Gasteiger partial charge in [0.2, 0.25) is 11.8 Å². The number of anilines is 1. The maximum Gasteiger partial charge on any atom is 0.248 e. The van der Waals surface area contributed by atoms with Gasteiger partial charge in [0.25, 0.3) is 0 Å². The van der Waals surface area contributed by atoms with Gasteiger partial charge in [0.15, 0.2) is 0 Å². The van der Waals surface area contributed by atoms with Gasteiger partial charge in [-0.25, -0.2) is 15.0 Å². The Balaban J connectivity index is 1.81. The lowest BCUT2D eigenvalue weighted by atomic mass is 10.1. The first-order valence-corrected chi connectivity index (χ1v) is 9.39. The fourth-order valence-corrected chi connectivity index (χ4v) is 3.04. The van der Waals surface area contributed by atoms with Crippen molar-refractivity contribution in [2.24, 2.45) is 0 Å². The highest BCUT2D eigenvalue weighted by Gasteiger charge is 2.13. The van der Waals surface area contributed by atoms with Crippen LogP contribution in [-0.2, 0) is 4.79 Å². The second-order valence-corrected chi connectivity index (χ2v) is 6.86. The first kappa shape index (κ1) is 19.3. The van der Waals surface area contributed by atoms with Crippen LogP contribution in [-0.4, -0.2) is 36.9 Å². The van der Waals surface area contributed by atoms with Crippen molar-refractivity contribution >= 4 is 22.8 Å². The molecular formula is C22H20N6O2. The quantitative estimate of drug-likeness (QED) is 0.474. The van der Waals surface area contributed by atoms with Gasteiger partial charge in [0.05, 0.1) is 11.8 Å². The normalized spacial score (nSPS) is 10.9. The molecule has 0 radical (unpaired) electrons. The molecule has 2 N–H and O–H groups in total. The zero-order valence-electron chi connectivity index (χ0n) is 16.6. The minimum atomic E-state index is -0.347. The number of rotatable bonds is 6. The van der Waals surface area contributed by atoms with Crippen molar-refractivity contribution in [1.29, 1.82) is 0 Å². The van der Waals surface area contributed by atoms with Gasteiger partial charge in [-0.2, -0.15) is 4.98 Å². The van der Waals surface area contributed by atoms with Crippen LogP contribution in [0.4, 0.5) is 5.82 Å². The van der Waals surface area contributed by atoms with Gasteiger partial charge >= 0.3 is 0 Å². The van der Waals surface area contributed by atoms with E-state index in [4.69, 9.17) is 4.74 Å². The number of ether oxygens (including phenoxy) is 1. The van der Waals surface area contributed by atoms with Crippen molar-refractivity contribution in [3.63, 3.8) is 0 Å². The lowest BCUT2D eigenvalue weighted by Crippen LogP contribution is -2.11. The number of carbonyl (C=O) groups excluding carboxylic acids is 1. The Bertz CT molecular complexity index is 1220. The number of aromatic nitrogens is 5. The van der Waals surface area contributed by atoms with E-state index in [1.807, 2.05) is 38.2 Å². The van der Waals surface area contributed by atoms with Crippen LogP contribution in [0, 0.1) is 0 Å². The molecule has 0 aliphatic rings. The lowest BCUT2D eigenvalue weighted by molar-refractivity contribution is -0.111. The Morgan fingerprint density at radius 1 is 1.23 bits per heavy atom. The molecule has 0 spiro atoms. The van der Waals surface area contributed by atoms with Crippen LogP contribution in [0.2, 0.25) is 0 Å². The molecule has 8 nitrogen and oxygen atoms in total. The summed E-state index contributed by atoms with van der Waals surface area (Å²) in [6.45, 7) is 7.31. The molecule has 1 amide bonds. The average Bonchev–Trinajstić information content (AvgIpc) is 3.17. The van der Waals surface area contributed by atoms with Crippen LogP contribution in [0.3, 0.4) is 0 Å². The third kappa shape index (κ3) is 4.02. The number of hydrogen-bond acceptors (Lipinski definition) is 6. The largest absolute Gasteiger partial charge is 0.475 e. The summed E-state index contributed by atoms with van der Waals surface area (Å²) in [5, 5.41) is 3.62. The predicted molar refractivity (Wildman–Crippen MR) is 115 cm³/mol. The number of pyridine rings is 2. The van der Waals surface area contributed by atoms with E-state index in [2.05, 4.69) is 36.8 Å². The van der Waals surface area contributed by atoms with Gasteiger partial charge in [-0.05, 0) is 43.7 Å². The van der Waals surface area contributed by atoms with Gasteiger partial charge in [-0.1, -0.05) is 6.58 Å². The maximum absolute atomic E-state index is 11.8. The van der Waals surface area contributed by atoms with E-state index >= 15 is 0 Å². The van der Waals surface area contributed by atoms with Gasteiger partial charge < -0.3 is 15.0 Å². The number of carbonyl (C=O) groups is 1. The molecule has 0 fully saturated rings. The van der Waals surface area contributed by atoms with E-state index in [-0.39, 0.29) is 12.0 Å². The summed E-state index contributed by atoms with van der Waals surface area (Å²) in [5.41, 5.74) is 4.13. The van der Waals surface area contributed by atoms with Gasteiger partial charge in [-0.15, -0.1) is 0 Å². The standard InChI is InChI=1S/C22H20N6O2/c1-4-20(29)27-19-8-14(9-21(28-19)30-13(2)3)15-7-16-17(11-25-22(16)24-10-15)18-5-6-23-12-26-18/h4-13H,1H2,2-3H3,(H,24,25)(H,27,28,29). The summed E-state index contributed by atoms with van der Waals surface area (Å²) in [4.78, 5) is 32.1. The van der Waals surface area contributed by atoms with Crippen molar-refractivity contribution < 1.29 is 9.53 Å². The average molecular weight is 400 g/mol. The predicted octanol–water partition coefficient (Wildman–Crippen LogP) is 3.99. The Morgan fingerprint density at radius 2 is 2.10 bits per heavy atom. The fraction of sp³-hybridized carbons (Fsp3) is 0.136. The number of H-pyrrole nitrogens is 1. The maximum atomic E-state index is 11.8. The Labute approximate surface area is 173 Å². The van der Waals surface area contributed by atoms with Crippen LogP contribution >= 0.6 is 0 Å². The van der Waals surface area contributed by atoms with E-state index in [0.29, 0.717) is 11.7 Å². The fourth-order valence-electron chi connectivity index (χ4n) is 3.04. The summed E-state index contributed by atoms with van der Waals surface area (Å²) in [6.07, 6.45) is 7.98. The molecule has 8 heteroatoms. The molecule has 0 atom stereocenters. The van der Waals surface area contributed by atoms with Crippen molar-refractivity contribution in [3.8, 4) is 28.3 Å². The highest BCUT2D eigenvalue weighted by molar-refractivity contribution is 5.99. The molecule has 4 rings (SSSR count). The molecule has 0 saturated carbocycles. The molecule has 150 valence electrons. The first-order valence-electron chi connectivity index (χ1n) is 9.39. The van der Waals surface area contributed by atoms with Crippen LogP contribution in [0.15, 0.2) is 61.8 Å². The topological polar surface area (TPSA) is 106 Å². The van der Waals surface area contributed by atoms with Gasteiger partial charge in [-0.3, -0.25) is 4.79 Å². The van der Waals surface area contributed by atoms with Gasteiger partial charge in [0, 0.05) is 41.2 Å². The zero-order valence-corrected chi connectivity index (χ0v) is 16.6. The van der Waals surface area contributed by atoms with E-state index in [9.17, 15) is 4.79 Å². The van der Waals surface area contributed by atoms with Crippen LogP contribution < -0.4 is 10.1 Å². The number of hydrogen-bond donors (Lipinski definition) is 2. The van der Waals surface area contributed by atoms with Crippen molar-refractivity contribution in [1.82, 2.24) is 24.9 Å². The molecular weight excluding hydrogens is 380 g/mol. The smallest absolute Gasteiger partial charge is 0.248 e. The summed E-state index contributed by atoms with van der Waals surface area (Å²) >= 11 is 0. The summed E-state index contributed by atoms with van der Waals surface area (Å²) in [7, 11) is 0. The SMILES string of the molecule is C=CC(=O)Nc1cc(-c2cnc3[nH]cc(-c4ccncn4)c3c2)cc(OC(C)C)n1. The van der Waals surface area contributed by atoms with Crippen molar-refractivity contribution in [3.05, 3.63) is 61.8 Å². The highest BCUT2D eigenvalue weighted by Crippen LogP contribution is 2.32. The third-order valence-electron chi connectivity index (χ3n) is 4.32. The van der Waals surface area contributed by atoms with Crippen LogP contribution in [0.1, 0.15) is 13.8 Å². The Morgan fingerprint density at radius 3 is 2.83 bits per heavy atom. The molecule has 4 aromatic rings. The zero-order chi connectivity index (χ0) is 21.1. The lowest BCUT2D eigenvalue weighted by Gasteiger charge is -2.13. The minimum Gasteiger partial charge on any atom is -0.475 e. The number of nitrogens with zero attached hydrogens (tertiary/aromatic N) is 4. The number of fused-ring (bicyclic) bond motifs is 1. The second kappa shape index (κ2) is 8.12. The molecule has 0 aliphatic carbocycles. The summed E-state index contributed by atoms with van der Waals surface area (Å²) in [5.74, 6) is 0.436. The Hall–Kier alpha value is -4.07. The van der Waals surface area contributed by atoms with Crippen molar-refractivity contribution in [2.75, 3.05) is 5.32 Å². The van der Waals surface area contributed by atoms with Crippen molar-refractivity contribution in [2.45, 2.75) is 20.0 Å². The van der Waals surface area contributed by atoms with Gasteiger partial charge in [0.1, 0.15) is 17.8 Å². The van der Waals surface area contributed by atoms with E-state index in [0.717, 1.165) is 33.4 Å². The number of aromatic amines is 1. The third-order valence-corrected chi connectivity index (χ3v) is 4.32.